The van der Waals surface area contributed by atoms with Gasteiger partial charge in [-0.25, -0.2) is 4.39 Å². The fourth-order valence-electron chi connectivity index (χ4n) is 2.35. The van der Waals surface area contributed by atoms with E-state index in [9.17, 15) is 14.3 Å². The molecule has 1 saturated carbocycles. The zero-order valence-corrected chi connectivity index (χ0v) is 8.53. The lowest BCUT2D eigenvalue weighted by Crippen LogP contribution is -2.23. The van der Waals surface area contributed by atoms with Crippen LogP contribution in [0.3, 0.4) is 0 Å². The van der Waals surface area contributed by atoms with Crippen LogP contribution in [0.25, 0.3) is 0 Å². The Kier molecular flexibility index (Phi) is 2.25. The Bertz CT molecular complexity index is 402. The van der Waals surface area contributed by atoms with E-state index in [-0.39, 0.29) is 5.92 Å². The summed E-state index contributed by atoms with van der Waals surface area (Å²) in [6.07, 6.45) is 1.33. The van der Waals surface area contributed by atoms with Crippen molar-refractivity contribution in [2.24, 2.45) is 5.92 Å². The summed E-state index contributed by atoms with van der Waals surface area (Å²) in [6.45, 7) is 1.94. The Balaban J connectivity index is 2.45. The molecule has 1 aromatic rings. The van der Waals surface area contributed by atoms with Gasteiger partial charge in [-0.05, 0) is 18.4 Å². The maximum absolute atomic E-state index is 13.5. The lowest BCUT2D eigenvalue weighted by molar-refractivity contribution is -0.140. The SMILES string of the molecule is CCC1CC1(C(=O)O)c1ccccc1F. The zero-order chi connectivity index (χ0) is 11.1. The Morgan fingerprint density at radius 3 is 2.73 bits per heavy atom. The minimum Gasteiger partial charge on any atom is -0.481 e. The minimum atomic E-state index is -0.958. The molecule has 1 aromatic carbocycles. The number of carboxylic acid groups (broad SMARTS) is 1. The maximum atomic E-state index is 13.5. The standard InChI is InChI=1S/C12H13FO2/c1-2-8-7-12(8,11(14)15)9-5-3-4-6-10(9)13/h3-6,8H,2,7H2,1H3,(H,14,15). The van der Waals surface area contributed by atoms with Gasteiger partial charge in [0.1, 0.15) is 5.82 Å². The first-order chi connectivity index (χ1) is 7.13. The molecule has 0 aromatic heterocycles. The highest BCUT2D eigenvalue weighted by molar-refractivity contribution is 5.85. The quantitative estimate of drug-likeness (QED) is 0.828. The van der Waals surface area contributed by atoms with Crippen LogP contribution in [0, 0.1) is 11.7 Å². The molecule has 0 spiro atoms. The molecule has 1 aliphatic rings. The first kappa shape index (κ1) is 10.1. The average molecular weight is 208 g/mol. The summed E-state index contributed by atoms with van der Waals surface area (Å²) in [5, 5.41) is 9.22. The van der Waals surface area contributed by atoms with Crippen molar-refractivity contribution in [3.8, 4) is 0 Å². The molecule has 0 heterocycles. The van der Waals surface area contributed by atoms with E-state index in [4.69, 9.17) is 0 Å². The van der Waals surface area contributed by atoms with Crippen molar-refractivity contribution in [1.29, 1.82) is 0 Å². The summed E-state index contributed by atoms with van der Waals surface area (Å²) in [4.78, 5) is 11.2. The third kappa shape index (κ3) is 1.34. The molecule has 2 atom stereocenters. The topological polar surface area (TPSA) is 37.3 Å². The largest absolute Gasteiger partial charge is 0.481 e. The van der Waals surface area contributed by atoms with E-state index < -0.39 is 17.2 Å². The second kappa shape index (κ2) is 3.33. The van der Waals surface area contributed by atoms with Gasteiger partial charge in [-0.2, -0.15) is 0 Å². The predicted molar refractivity (Wildman–Crippen MR) is 54.1 cm³/mol. The predicted octanol–water partition coefficient (Wildman–Crippen LogP) is 2.58. The Labute approximate surface area is 87.7 Å². The van der Waals surface area contributed by atoms with Crippen molar-refractivity contribution < 1.29 is 14.3 Å². The number of aliphatic carboxylic acids is 1. The van der Waals surface area contributed by atoms with E-state index in [1.807, 2.05) is 6.92 Å². The Morgan fingerprint density at radius 1 is 1.60 bits per heavy atom. The number of hydrogen-bond acceptors (Lipinski definition) is 1. The van der Waals surface area contributed by atoms with Crippen molar-refractivity contribution >= 4 is 5.97 Å². The number of benzene rings is 1. The molecule has 80 valence electrons. The van der Waals surface area contributed by atoms with Crippen LogP contribution < -0.4 is 0 Å². The van der Waals surface area contributed by atoms with Crippen LogP contribution in [-0.4, -0.2) is 11.1 Å². The third-order valence-electron chi connectivity index (χ3n) is 3.33. The van der Waals surface area contributed by atoms with Crippen molar-refractivity contribution in [3.05, 3.63) is 35.6 Å². The molecule has 1 aliphatic carbocycles. The van der Waals surface area contributed by atoms with Gasteiger partial charge in [0.25, 0.3) is 0 Å². The van der Waals surface area contributed by atoms with Gasteiger partial charge in [0.05, 0.1) is 5.41 Å². The van der Waals surface area contributed by atoms with Crippen LogP contribution in [0.1, 0.15) is 25.3 Å². The first-order valence-electron chi connectivity index (χ1n) is 5.11. The number of rotatable bonds is 3. The zero-order valence-electron chi connectivity index (χ0n) is 8.53. The molecular formula is C12H13FO2. The minimum absolute atomic E-state index is 0.0758. The lowest BCUT2D eigenvalue weighted by Gasteiger charge is -2.13. The summed E-state index contributed by atoms with van der Waals surface area (Å²) in [5.74, 6) is -1.23. The van der Waals surface area contributed by atoms with E-state index >= 15 is 0 Å². The second-order valence-corrected chi connectivity index (χ2v) is 4.07. The van der Waals surface area contributed by atoms with Crippen LogP contribution >= 0.6 is 0 Å². The maximum Gasteiger partial charge on any atom is 0.314 e. The molecule has 15 heavy (non-hydrogen) atoms. The molecule has 0 amide bonds. The molecule has 0 radical (unpaired) electrons. The molecule has 0 bridgehead atoms. The Morgan fingerprint density at radius 2 is 2.27 bits per heavy atom. The van der Waals surface area contributed by atoms with Gasteiger partial charge in [0, 0.05) is 5.56 Å². The summed E-state index contributed by atoms with van der Waals surface area (Å²) in [7, 11) is 0. The van der Waals surface area contributed by atoms with Gasteiger partial charge in [-0.3, -0.25) is 4.79 Å². The smallest absolute Gasteiger partial charge is 0.314 e. The summed E-state index contributed by atoms with van der Waals surface area (Å²) in [5.41, 5.74) is -0.621. The lowest BCUT2D eigenvalue weighted by atomic mass is 9.92. The fraction of sp³-hybridized carbons (Fsp3) is 0.417. The molecule has 0 aliphatic heterocycles. The molecule has 1 N–H and O–H groups in total. The normalized spacial score (nSPS) is 28.8. The number of carbonyl (C=O) groups is 1. The summed E-state index contributed by atoms with van der Waals surface area (Å²) in [6, 6.07) is 6.18. The van der Waals surface area contributed by atoms with E-state index in [0.29, 0.717) is 12.0 Å². The van der Waals surface area contributed by atoms with Crippen LogP contribution in [-0.2, 0) is 10.2 Å². The molecule has 2 nitrogen and oxygen atoms in total. The van der Waals surface area contributed by atoms with E-state index in [1.165, 1.54) is 6.07 Å². The van der Waals surface area contributed by atoms with Gasteiger partial charge in [-0.1, -0.05) is 31.5 Å². The molecule has 2 rings (SSSR count). The van der Waals surface area contributed by atoms with Crippen LogP contribution in [0.4, 0.5) is 4.39 Å². The second-order valence-electron chi connectivity index (χ2n) is 4.07. The van der Waals surface area contributed by atoms with E-state index in [1.54, 1.807) is 18.2 Å². The highest BCUT2D eigenvalue weighted by atomic mass is 19.1. The van der Waals surface area contributed by atoms with Gasteiger partial charge in [-0.15, -0.1) is 0 Å². The van der Waals surface area contributed by atoms with Crippen molar-refractivity contribution in [2.45, 2.75) is 25.2 Å². The van der Waals surface area contributed by atoms with Gasteiger partial charge in [0.2, 0.25) is 0 Å². The average Bonchev–Trinajstić information content (AvgIpc) is 2.94. The number of hydrogen-bond donors (Lipinski definition) is 1. The van der Waals surface area contributed by atoms with Crippen molar-refractivity contribution in [3.63, 3.8) is 0 Å². The third-order valence-corrected chi connectivity index (χ3v) is 3.33. The highest BCUT2D eigenvalue weighted by Gasteiger charge is 2.61. The van der Waals surface area contributed by atoms with Crippen LogP contribution in [0.2, 0.25) is 0 Å². The number of halogens is 1. The molecule has 3 heteroatoms. The highest BCUT2D eigenvalue weighted by Crippen LogP contribution is 2.56. The van der Waals surface area contributed by atoms with Gasteiger partial charge >= 0.3 is 5.97 Å². The summed E-state index contributed by atoms with van der Waals surface area (Å²) < 4.78 is 13.5. The fourth-order valence-corrected chi connectivity index (χ4v) is 2.35. The van der Waals surface area contributed by atoms with Gasteiger partial charge in [0.15, 0.2) is 0 Å². The molecule has 0 saturated heterocycles. The van der Waals surface area contributed by atoms with Crippen molar-refractivity contribution in [2.75, 3.05) is 0 Å². The molecular weight excluding hydrogens is 195 g/mol. The molecule has 1 fully saturated rings. The van der Waals surface area contributed by atoms with Crippen LogP contribution in [0.15, 0.2) is 24.3 Å². The monoisotopic (exact) mass is 208 g/mol. The van der Waals surface area contributed by atoms with Crippen LogP contribution in [0.5, 0.6) is 0 Å². The van der Waals surface area contributed by atoms with Crippen molar-refractivity contribution in [1.82, 2.24) is 0 Å². The number of carboxylic acids is 1. The Hall–Kier alpha value is -1.38. The van der Waals surface area contributed by atoms with Gasteiger partial charge < -0.3 is 5.11 Å². The van der Waals surface area contributed by atoms with E-state index in [0.717, 1.165) is 6.42 Å². The molecule has 2 unspecified atom stereocenters. The summed E-state index contributed by atoms with van der Waals surface area (Å²) >= 11 is 0. The van der Waals surface area contributed by atoms with E-state index in [2.05, 4.69) is 0 Å². The first-order valence-corrected chi connectivity index (χ1v) is 5.11.